The maximum Gasteiger partial charge on any atom is 0.220 e. The zero-order valence-electron chi connectivity index (χ0n) is 12.5. The molecule has 2 saturated carbocycles. The lowest BCUT2D eigenvalue weighted by Gasteiger charge is -2.33. The normalized spacial score (nSPS) is 39.8. The van der Waals surface area contributed by atoms with Crippen LogP contribution in [0.5, 0.6) is 0 Å². The molecule has 110 valence electrons. The van der Waals surface area contributed by atoms with Crippen LogP contribution < -0.4 is 11.1 Å². The van der Waals surface area contributed by atoms with E-state index in [0.29, 0.717) is 24.4 Å². The molecule has 0 bridgehead atoms. The summed E-state index contributed by atoms with van der Waals surface area (Å²) in [6, 6.07) is 0.734. The van der Waals surface area contributed by atoms with Gasteiger partial charge >= 0.3 is 0 Å². The quantitative estimate of drug-likeness (QED) is 0.825. The van der Waals surface area contributed by atoms with Crippen molar-refractivity contribution in [2.45, 2.75) is 77.3 Å². The SMILES string of the molecule is CC1CCC(NC(=O)CC2CCCC(N)C2)CC1C. The monoisotopic (exact) mass is 266 g/mol. The maximum absolute atomic E-state index is 12.1. The van der Waals surface area contributed by atoms with Gasteiger partial charge in [0.1, 0.15) is 0 Å². The summed E-state index contributed by atoms with van der Waals surface area (Å²) in [5.41, 5.74) is 5.99. The van der Waals surface area contributed by atoms with Crippen LogP contribution >= 0.6 is 0 Å². The van der Waals surface area contributed by atoms with Crippen molar-refractivity contribution in [3.8, 4) is 0 Å². The van der Waals surface area contributed by atoms with Crippen molar-refractivity contribution >= 4 is 5.91 Å². The second-order valence-electron chi connectivity index (χ2n) is 7.03. The van der Waals surface area contributed by atoms with Gasteiger partial charge in [-0.2, -0.15) is 0 Å². The molecular formula is C16H30N2O. The van der Waals surface area contributed by atoms with Gasteiger partial charge in [-0.25, -0.2) is 0 Å². The van der Waals surface area contributed by atoms with E-state index in [1.54, 1.807) is 0 Å². The summed E-state index contributed by atoms with van der Waals surface area (Å²) in [6.07, 6.45) is 8.78. The van der Waals surface area contributed by atoms with Gasteiger partial charge in [0.2, 0.25) is 5.91 Å². The van der Waals surface area contributed by atoms with Crippen molar-refractivity contribution < 1.29 is 4.79 Å². The van der Waals surface area contributed by atoms with Gasteiger partial charge in [0.15, 0.2) is 0 Å². The first-order valence-corrected chi connectivity index (χ1v) is 8.09. The van der Waals surface area contributed by atoms with Crippen LogP contribution in [0.3, 0.4) is 0 Å². The first kappa shape index (κ1) is 14.8. The van der Waals surface area contributed by atoms with E-state index in [4.69, 9.17) is 5.73 Å². The molecule has 0 spiro atoms. The molecule has 2 aliphatic rings. The fourth-order valence-electron chi connectivity index (χ4n) is 3.75. The Bertz CT molecular complexity index is 305. The predicted molar refractivity (Wildman–Crippen MR) is 78.7 cm³/mol. The van der Waals surface area contributed by atoms with Gasteiger partial charge in [0.05, 0.1) is 0 Å². The van der Waals surface area contributed by atoms with E-state index >= 15 is 0 Å². The van der Waals surface area contributed by atoms with E-state index in [1.165, 1.54) is 19.3 Å². The van der Waals surface area contributed by atoms with Crippen LogP contribution in [0.25, 0.3) is 0 Å². The lowest BCUT2D eigenvalue weighted by Crippen LogP contribution is -2.41. The van der Waals surface area contributed by atoms with E-state index < -0.39 is 0 Å². The van der Waals surface area contributed by atoms with Crippen molar-refractivity contribution in [1.82, 2.24) is 5.32 Å². The number of rotatable bonds is 3. The molecule has 5 unspecified atom stereocenters. The molecule has 2 rings (SSSR count). The minimum Gasteiger partial charge on any atom is -0.353 e. The highest BCUT2D eigenvalue weighted by Crippen LogP contribution is 2.30. The molecule has 1 amide bonds. The molecule has 3 nitrogen and oxygen atoms in total. The van der Waals surface area contributed by atoms with Crippen LogP contribution in [0.2, 0.25) is 0 Å². The fourth-order valence-corrected chi connectivity index (χ4v) is 3.75. The third kappa shape index (κ3) is 4.48. The maximum atomic E-state index is 12.1. The van der Waals surface area contributed by atoms with Crippen molar-refractivity contribution in [3.63, 3.8) is 0 Å². The fraction of sp³-hybridized carbons (Fsp3) is 0.938. The van der Waals surface area contributed by atoms with Crippen LogP contribution in [0.1, 0.15) is 65.2 Å². The molecule has 2 fully saturated rings. The summed E-state index contributed by atoms with van der Waals surface area (Å²) < 4.78 is 0. The topological polar surface area (TPSA) is 55.1 Å². The molecule has 0 aromatic rings. The highest BCUT2D eigenvalue weighted by molar-refractivity contribution is 5.76. The average molecular weight is 266 g/mol. The molecule has 0 aliphatic heterocycles. The standard InChI is InChI=1S/C16H30N2O/c1-11-6-7-15(8-12(11)2)18-16(19)10-13-4-3-5-14(17)9-13/h11-15H,3-10,17H2,1-2H3,(H,18,19). The lowest BCUT2D eigenvalue weighted by atomic mass is 9.79. The molecule has 0 aromatic carbocycles. The molecule has 3 N–H and O–H groups in total. The first-order valence-electron chi connectivity index (χ1n) is 8.09. The van der Waals surface area contributed by atoms with Gasteiger partial charge in [-0.1, -0.05) is 20.3 Å². The molecule has 0 saturated heterocycles. The number of carbonyl (C=O) groups excluding carboxylic acids is 1. The molecule has 0 aromatic heterocycles. The molecule has 2 aliphatic carbocycles. The minimum absolute atomic E-state index is 0.255. The van der Waals surface area contributed by atoms with E-state index in [2.05, 4.69) is 19.2 Å². The van der Waals surface area contributed by atoms with Crippen LogP contribution in [-0.4, -0.2) is 18.0 Å². The van der Waals surface area contributed by atoms with Gasteiger partial charge in [0, 0.05) is 18.5 Å². The molecule has 0 heterocycles. The number of hydrogen-bond acceptors (Lipinski definition) is 2. The smallest absolute Gasteiger partial charge is 0.220 e. The third-order valence-corrected chi connectivity index (χ3v) is 5.26. The number of amides is 1. The summed E-state index contributed by atoms with van der Waals surface area (Å²) in [6.45, 7) is 4.63. The van der Waals surface area contributed by atoms with E-state index in [0.717, 1.165) is 37.5 Å². The number of carbonyl (C=O) groups is 1. The Kier molecular flexibility index (Phi) is 5.26. The zero-order chi connectivity index (χ0) is 13.8. The Morgan fingerprint density at radius 1 is 1.11 bits per heavy atom. The van der Waals surface area contributed by atoms with Gasteiger partial charge < -0.3 is 11.1 Å². The minimum atomic E-state index is 0.255. The lowest BCUT2D eigenvalue weighted by molar-refractivity contribution is -0.123. The van der Waals surface area contributed by atoms with Gasteiger partial charge in [0.25, 0.3) is 0 Å². The van der Waals surface area contributed by atoms with Crippen LogP contribution in [-0.2, 0) is 4.79 Å². The Morgan fingerprint density at radius 2 is 1.89 bits per heavy atom. The van der Waals surface area contributed by atoms with Gasteiger partial charge in [-0.15, -0.1) is 0 Å². The third-order valence-electron chi connectivity index (χ3n) is 5.26. The summed E-state index contributed by atoms with van der Waals surface area (Å²) >= 11 is 0. The average Bonchev–Trinajstić information content (AvgIpc) is 2.34. The highest BCUT2D eigenvalue weighted by Gasteiger charge is 2.27. The summed E-state index contributed by atoms with van der Waals surface area (Å²) in [4.78, 5) is 12.1. The Morgan fingerprint density at radius 3 is 2.58 bits per heavy atom. The summed E-state index contributed by atoms with van der Waals surface area (Å²) in [7, 11) is 0. The molecule has 5 atom stereocenters. The van der Waals surface area contributed by atoms with Crippen LogP contribution in [0.15, 0.2) is 0 Å². The van der Waals surface area contributed by atoms with Gasteiger partial charge in [-0.05, 0) is 56.3 Å². The molecular weight excluding hydrogens is 236 g/mol. The summed E-state index contributed by atoms with van der Waals surface area (Å²) in [5.74, 6) is 2.32. The first-order chi connectivity index (χ1) is 9.04. The highest BCUT2D eigenvalue weighted by atomic mass is 16.1. The van der Waals surface area contributed by atoms with Crippen molar-refractivity contribution in [2.24, 2.45) is 23.5 Å². The van der Waals surface area contributed by atoms with Gasteiger partial charge in [-0.3, -0.25) is 4.79 Å². The number of hydrogen-bond donors (Lipinski definition) is 2. The van der Waals surface area contributed by atoms with E-state index in [1.807, 2.05) is 0 Å². The number of nitrogens with one attached hydrogen (secondary N) is 1. The Hall–Kier alpha value is -0.570. The Balaban J connectivity index is 1.72. The molecule has 3 heteroatoms. The van der Waals surface area contributed by atoms with E-state index in [9.17, 15) is 4.79 Å². The second kappa shape index (κ2) is 6.74. The van der Waals surface area contributed by atoms with Crippen molar-refractivity contribution in [1.29, 1.82) is 0 Å². The van der Waals surface area contributed by atoms with E-state index in [-0.39, 0.29) is 5.91 Å². The molecule has 0 radical (unpaired) electrons. The van der Waals surface area contributed by atoms with Crippen molar-refractivity contribution in [3.05, 3.63) is 0 Å². The largest absolute Gasteiger partial charge is 0.353 e. The van der Waals surface area contributed by atoms with Crippen LogP contribution in [0, 0.1) is 17.8 Å². The summed E-state index contributed by atoms with van der Waals surface area (Å²) in [5, 5.41) is 3.25. The predicted octanol–water partition coefficient (Wildman–Crippen LogP) is 2.83. The molecule has 19 heavy (non-hydrogen) atoms. The van der Waals surface area contributed by atoms with Crippen molar-refractivity contribution in [2.75, 3.05) is 0 Å². The second-order valence-corrected chi connectivity index (χ2v) is 7.03. The van der Waals surface area contributed by atoms with Crippen LogP contribution in [0.4, 0.5) is 0 Å². The number of nitrogens with two attached hydrogens (primary N) is 1. The Labute approximate surface area is 117 Å². The zero-order valence-corrected chi connectivity index (χ0v) is 12.5.